The van der Waals surface area contributed by atoms with E-state index >= 15 is 0 Å². The third-order valence-corrected chi connectivity index (χ3v) is 6.87. The van der Waals surface area contributed by atoms with E-state index in [1.807, 2.05) is 5.38 Å². The molecule has 0 aliphatic carbocycles. The molecule has 0 saturated heterocycles. The van der Waals surface area contributed by atoms with E-state index in [2.05, 4.69) is 31.2 Å². The van der Waals surface area contributed by atoms with Crippen molar-refractivity contribution in [2.24, 2.45) is 5.73 Å². The van der Waals surface area contributed by atoms with Crippen LogP contribution in [0.1, 0.15) is 16.8 Å². The molecule has 0 saturated carbocycles. The number of thiophene rings is 1. The number of nitrogens with zero attached hydrogens (tertiary/aromatic N) is 2. The fraction of sp³-hybridized carbons (Fsp3) is 0.333. The number of fused-ring (bicyclic) bond motifs is 1. The maximum Gasteiger partial charge on any atom is 0.131 e. The summed E-state index contributed by atoms with van der Waals surface area (Å²) in [5, 5.41) is 6.68. The number of hydrogen-bond acceptors (Lipinski definition) is 6. The van der Waals surface area contributed by atoms with Gasteiger partial charge in [-0.2, -0.15) is 0 Å². The maximum atomic E-state index is 13.4. The molecular weight excluding hydrogens is 435 g/mol. The molecule has 3 aromatic rings. The Balaban J connectivity index is 1.94. The molecule has 9 heteroatoms. The molecule has 24 heavy (non-hydrogen) atoms. The van der Waals surface area contributed by atoms with Gasteiger partial charge in [0.05, 0.1) is 26.9 Å². The van der Waals surface area contributed by atoms with E-state index in [1.165, 1.54) is 6.92 Å². The molecule has 0 unspecified atom stereocenters. The second-order valence-electron chi connectivity index (χ2n) is 5.33. The molecule has 3 rings (SSSR count). The van der Waals surface area contributed by atoms with Crippen LogP contribution in [0.25, 0.3) is 10.2 Å². The van der Waals surface area contributed by atoms with E-state index in [0.29, 0.717) is 18.1 Å². The number of aromatic nitrogens is 2. The molecule has 0 fully saturated rings. The summed E-state index contributed by atoms with van der Waals surface area (Å²) >= 11 is 12.9. The molecular formula is C15H15BrClFN4S2. The fourth-order valence-corrected chi connectivity index (χ4v) is 4.97. The second kappa shape index (κ2) is 7.61. The number of anilines is 1. The first-order chi connectivity index (χ1) is 11.5. The number of hydrogen-bond donors (Lipinski definition) is 2. The van der Waals surface area contributed by atoms with Crippen LogP contribution in [-0.2, 0) is 13.0 Å². The van der Waals surface area contributed by atoms with Gasteiger partial charge in [-0.05, 0) is 22.9 Å². The van der Waals surface area contributed by atoms with Gasteiger partial charge in [0.1, 0.15) is 16.3 Å². The number of pyridine rings is 1. The quantitative estimate of drug-likeness (QED) is 0.519. The Morgan fingerprint density at radius 2 is 2.29 bits per heavy atom. The number of halogens is 3. The topological polar surface area (TPSA) is 63.8 Å². The molecule has 3 N–H and O–H groups in total. The van der Waals surface area contributed by atoms with Crippen LogP contribution in [0.3, 0.4) is 0 Å². The summed E-state index contributed by atoms with van der Waals surface area (Å²) in [7, 11) is 0. The molecule has 128 valence electrons. The van der Waals surface area contributed by atoms with Gasteiger partial charge in [0.2, 0.25) is 0 Å². The summed E-state index contributed by atoms with van der Waals surface area (Å²) in [6.07, 6.45) is 1.15. The van der Waals surface area contributed by atoms with Crippen LogP contribution in [-0.4, -0.2) is 22.2 Å². The van der Waals surface area contributed by atoms with Crippen LogP contribution in [0.5, 0.6) is 0 Å². The van der Waals surface area contributed by atoms with Gasteiger partial charge >= 0.3 is 0 Å². The zero-order valence-electron chi connectivity index (χ0n) is 12.7. The zero-order chi connectivity index (χ0) is 17.3. The largest absolute Gasteiger partial charge is 0.377 e. The smallest absolute Gasteiger partial charge is 0.131 e. The number of alkyl halides is 1. The molecule has 3 heterocycles. The van der Waals surface area contributed by atoms with Crippen LogP contribution in [0.4, 0.5) is 10.1 Å². The first kappa shape index (κ1) is 18.0. The van der Waals surface area contributed by atoms with Gasteiger partial charge in [0.25, 0.3) is 0 Å². The zero-order valence-corrected chi connectivity index (χ0v) is 16.7. The van der Waals surface area contributed by atoms with Crippen molar-refractivity contribution < 1.29 is 4.39 Å². The second-order valence-corrected chi connectivity index (χ2v) is 8.60. The minimum atomic E-state index is -1.07. The highest BCUT2D eigenvalue weighted by atomic mass is 79.9. The average molecular weight is 450 g/mol. The van der Waals surface area contributed by atoms with Gasteiger partial charge in [0.15, 0.2) is 0 Å². The summed E-state index contributed by atoms with van der Waals surface area (Å²) < 4.78 is 15.2. The summed E-state index contributed by atoms with van der Waals surface area (Å²) in [6, 6.07) is 1.25. The van der Waals surface area contributed by atoms with Crippen LogP contribution >= 0.6 is 50.2 Å². The molecule has 3 aromatic heterocycles. The lowest BCUT2D eigenvalue weighted by Crippen LogP contribution is -2.31. The third-order valence-electron chi connectivity index (χ3n) is 3.54. The fourth-order valence-electron chi connectivity index (χ4n) is 2.20. The predicted octanol–water partition coefficient (Wildman–Crippen LogP) is 5.01. The van der Waals surface area contributed by atoms with E-state index < -0.39 is 12.2 Å². The number of nitrogens with two attached hydrogens (primary N) is 1. The van der Waals surface area contributed by atoms with E-state index in [9.17, 15) is 4.39 Å². The van der Waals surface area contributed by atoms with Gasteiger partial charge in [-0.15, -0.1) is 22.7 Å². The van der Waals surface area contributed by atoms with Gasteiger partial charge < -0.3 is 11.1 Å². The van der Waals surface area contributed by atoms with Gasteiger partial charge in [-0.25, -0.2) is 14.4 Å². The molecule has 0 bridgehead atoms. The molecule has 2 atom stereocenters. The Morgan fingerprint density at radius 1 is 1.50 bits per heavy atom. The van der Waals surface area contributed by atoms with Crippen molar-refractivity contribution >= 4 is 66.1 Å². The van der Waals surface area contributed by atoms with Gasteiger partial charge in [-0.1, -0.05) is 11.6 Å². The highest BCUT2D eigenvalue weighted by Gasteiger charge is 2.20. The average Bonchev–Trinajstić information content (AvgIpc) is 3.15. The van der Waals surface area contributed by atoms with Crippen molar-refractivity contribution in [3.63, 3.8) is 0 Å². The lowest BCUT2D eigenvalue weighted by atomic mass is 10.1. The monoisotopic (exact) mass is 448 g/mol. The lowest BCUT2D eigenvalue weighted by molar-refractivity contribution is 0.305. The molecule has 0 radical (unpaired) electrons. The normalized spacial score (nSPS) is 14.0. The number of nitrogens with one attached hydrogen (secondary N) is 1. The maximum absolute atomic E-state index is 13.4. The highest BCUT2D eigenvalue weighted by Crippen LogP contribution is 2.40. The Morgan fingerprint density at radius 3 is 2.96 bits per heavy atom. The molecule has 0 aliphatic rings. The summed E-state index contributed by atoms with van der Waals surface area (Å²) in [6.45, 7) is 2.08. The van der Waals surface area contributed by atoms with E-state index in [4.69, 9.17) is 17.3 Å². The third kappa shape index (κ3) is 3.88. The standard InChI is InChI=1S/C15H15BrClFN4S2/c1-7(18)8(19)4-10-13(16)14-15(24-10)9(5-11(17)22-14)21-6-12-20-2-3-23-12/h2-3,5,7-8H,4,6,19H2,1H3,(H,21,22)/t7-,8+/m1/s1. The highest BCUT2D eigenvalue weighted by molar-refractivity contribution is 9.10. The molecule has 0 spiro atoms. The Bertz CT molecular complexity index is 838. The Labute approximate surface area is 160 Å². The van der Waals surface area contributed by atoms with Crippen molar-refractivity contribution in [1.82, 2.24) is 9.97 Å². The summed E-state index contributed by atoms with van der Waals surface area (Å²) in [5.74, 6) is 0. The number of thiazole rings is 1. The summed E-state index contributed by atoms with van der Waals surface area (Å²) in [4.78, 5) is 9.62. The van der Waals surface area contributed by atoms with Gasteiger partial charge in [0, 0.05) is 35.0 Å². The van der Waals surface area contributed by atoms with Crippen molar-refractivity contribution in [2.75, 3.05) is 5.32 Å². The van der Waals surface area contributed by atoms with E-state index in [0.717, 1.165) is 30.3 Å². The molecule has 0 amide bonds. The first-order valence-electron chi connectivity index (χ1n) is 7.25. The van der Waals surface area contributed by atoms with Crippen LogP contribution in [0.2, 0.25) is 5.15 Å². The molecule has 4 nitrogen and oxygen atoms in total. The molecule has 0 aromatic carbocycles. The number of rotatable bonds is 6. The van der Waals surface area contributed by atoms with Crippen molar-refractivity contribution in [3.05, 3.63) is 37.2 Å². The van der Waals surface area contributed by atoms with E-state index in [-0.39, 0.29) is 0 Å². The summed E-state index contributed by atoms with van der Waals surface area (Å²) in [5.41, 5.74) is 7.53. The van der Waals surface area contributed by atoms with Crippen molar-refractivity contribution in [1.29, 1.82) is 0 Å². The SMILES string of the molecule is C[C@@H](F)[C@@H](N)Cc1sc2c(NCc3nccs3)cc(Cl)nc2c1Br. The van der Waals surface area contributed by atoms with Crippen LogP contribution < -0.4 is 11.1 Å². The van der Waals surface area contributed by atoms with Crippen molar-refractivity contribution in [2.45, 2.75) is 32.1 Å². The Hall–Kier alpha value is -0.800. The Kier molecular flexibility index (Phi) is 5.71. The van der Waals surface area contributed by atoms with E-state index in [1.54, 1.807) is 34.9 Å². The first-order valence-corrected chi connectivity index (χ1v) is 10.1. The van der Waals surface area contributed by atoms with Crippen LogP contribution in [0.15, 0.2) is 22.1 Å². The predicted molar refractivity (Wildman–Crippen MR) is 104 cm³/mol. The minimum absolute atomic E-state index is 0.400. The van der Waals surface area contributed by atoms with Crippen LogP contribution in [0, 0.1) is 0 Å². The van der Waals surface area contributed by atoms with Gasteiger partial charge in [-0.3, -0.25) is 0 Å². The minimum Gasteiger partial charge on any atom is -0.377 e. The molecule has 0 aliphatic heterocycles. The lowest BCUT2D eigenvalue weighted by Gasteiger charge is -2.11. The van der Waals surface area contributed by atoms with Crippen molar-refractivity contribution in [3.8, 4) is 0 Å².